The van der Waals surface area contributed by atoms with Crippen LogP contribution in [-0.4, -0.2) is 53.7 Å². The highest BCUT2D eigenvalue weighted by molar-refractivity contribution is 6.09. The Balaban J connectivity index is 1.80. The number of nitrogens with one attached hydrogen (secondary N) is 1. The van der Waals surface area contributed by atoms with Gasteiger partial charge in [0, 0.05) is 23.2 Å². The summed E-state index contributed by atoms with van der Waals surface area (Å²) in [4.78, 5) is 52.4. The zero-order chi connectivity index (χ0) is 24.9. The molecule has 178 valence electrons. The van der Waals surface area contributed by atoms with Crippen molar-refractivity contribution in [2.75, 3.05) is 19.0 Å². The summed E-state index contributed by atoms with van der Waals surface area (Å²) in [6, 6.07) is 10.9. The second-order valence-electron chi connectivity index (χ2n) is 7.58. The second kappa shape index (κ2) is 10.0. The average molecular weight is 469 g/mol. The molecule has 1 atom stereocenters. The average Bonchev–Trinajstić information content (AvgIpc) is 3.22. The molecule has 11 heteroatoms. The number of carbonyl (C=O) groups excluding carboxylic acids is 3. The van der Waals surface area contributed by atoms with Gasteiger partial charge < -0.3 is 30.5 Å². The number of aliphatic carboxylic acids is 1. The number of rotatable bonds is 10. The number of oxime groups is 1. The Kier molecular flexibility index (Phi) is 7.15. The van der Waals surface area contributed by atoms with Crippen molar-refractivity contribution in [3.05, 3.63) is 53.6 Å². The van der Waals surface area contributed by atoms with Gasteiger partial charge in [0.2, 0.25) is 5.60 Å². The smallest absolute Gasteiger partial charge is 0.308 e. The van der Waals surface area contributed by atoms with Crippen molar-refractivity contribution in [3.63, 3.8) is 0 Å². The minimum atomic E-state index is -1.78. The van der Waals surface area contributed by atoms with Crippen LogP contribution < -0.4 is 20.5 Å². The van der Waals surface area contributed by atoms with Crippen LogP contribution in [0.25, 0.3) is 0 Å². The number of carboxylic acid groups (broad SMARTS) is 1. The number of hydrogen-bond acceptors (Lipinski definition) is 8. The van der Waals surface area contributed by atoms with Gasteiger partial charge in [-0.1, -0.05) is 5.16 Å². The van der Waals surface area contributed by atoms with Gasteiger partial charge in [0.15, 0.2) is 23.9 Å². The molecule has 0 bridgehead atoms. The van der Waals surface area contributed by atoms with E-state index < -0.39 is 29.8 Å². The number of primary amides is 1. The van der Waals surface area contributed by atoms with Crippen LogP contribution in [0.2, 0.25) is 0 Å². The first-order valence-electron chi connectivity index (χ1n) is 10.1. The van der Waals surface area contributed by atoms with Gasteiger partial charge in [-0.15, -0.1) is 0 Å². The number of methoxy groups -OCH3 is 1. The van der Waals surface area contributed by atoms with Crippen molar-refractivity contribution >= 4 is 35.0 Å². The zero-order valence-corrected chi connectivity index (χ0v) is 18.5. The summed E-state index contributed by atoms with van der Waals surface area (Å²) < 4.78 is 10.6. The molecule has 1 aliphatic rings. The SMILES string of the molecule is COc1cc(C2=NOC(CC(=O)O)(C(=O)Nc3ccc(C(C)=O)cc3)C2)ccc1OCC(N)=O. The highest BCUT2D eigenvalue weighted by Crippen LogP contribution is 2.35. The topological polar surface area (TPSA) is 167 Å². The van der Waals surface area contributed by atoms with E-state index >= 15 is 0 Å². The largest absolute Gasteiger partial charge is 0.493 e. The molecule has 0 aliphatic carbocycles. The third-order valence-corrected chi connectivity index (χ3v) is 5.05. The molecule has 0 saturated heterocycles. The lowest BCUT2D eigenvalue weighted by Crippen LogP contribution is -2.45. The number of carboxylic acids is 1. The molecule has 0 spiro atoms. The standard InChI is InChI=1S/C23H23N3O8/c1-13(27)14-3-6-16(7-4-14)25-22(31)23(11-21(29)30)10-17(26-34-23)15-5-8-18(19(9-15)32-2)33-12-20(24)28/h3-9H,10-12H2,1-2H3,(H2,24,28)(H,25,31)(H,29,30). The molecule has 4 N–H and O–H groups in total. The number of carbonyl (C=O) groups is 4. The van der Waals surface area contributed by atoms with Crippen molar-refractivity contribution in [2.45, 2.75) is 25.4 Å². The summed E-state index contributed by atoms with van der Waals surface area (Å²) in [7, 11) is 1.41. The Labute approximate surface area is 194 Å². The number of Topliss-reactive ketones (excluding diaryl/α,β-unsaturated/α-hetero) is 1. The number of ether oxygens (including phenoxy) is 2. The van der Waals surface area contributed by atoms with E-state index in [9.17, 15) is 24.3 Å². The maximum Gasteiger partial charge on any atom is 0.308 e. The Bertz CT molecular complexity index is 1160. The van der Waals surface area contributed by atoms with E-state index in [0.717, 1.165) is 0 Å². The van der Waals surface area contributed by atoms with E-state index in [1.807, 2.05) is 0 Å². The second-order valence-corrected chi connectivity index (χ2v) is 7.58. The van der Waals surface area contributed by atoms with Crippen LogP contribution in [0, 0.1) is 0 Å². The molecular weight excluding hydrogens is 446 g/mol. The van der Waals surface area contributed by atoms with Gasteiger partial charge in [-0.2, -0.15) is 0 Å². The summed E-state index contributed by atoms with van der Waals surface area (Å²) in [5, 5.41) is 16.0. The number of ketones is 1. The molecule has 3 rings (SSSR count). The van der Waals surface area contributed by atoms with E-state index in [1.54, 1.807) is 24.3 Å². The summed E-state index contributed by atoms with van der Waals surface area (Å²) in [5.41, 5.74) is 4.98. The molecule has 34 heavy (non-hydrogen) atoms. The number of amides is 2. The van der Waals surface area contributed by atoms with Crippen LogP contribution in [0.1, 0.15) is 35.7 Å². The molecule has 1 heterocycles. The van der Waals surface area contributed by atoms with Crippen molar-refractivity contribution in [1.82, 2.24) is 0 Å². The summed E-state index contributed by atoms with van der Waals surface area (Å²) in [6.45, 7) is 1.08. The maximum absolute atomic E-state index is 13.1. The lowest BCUT2D eigenvalue weighted by molar-refractivity contribution is -0.152. The molecule has 0 radical (unpaired) electrons. The van der Waals surface area contributed by atoms with Crippen LogP contribution in [0.3, 0.4) is 0 Å². The highest BCUT2D eigenvalue weighted by Gasteiger charge is 2.49. The van der Waals surface area contributed by atoms with E-state index in [4.69, 9.17) is 20.0 Å². The predicted molar refractivity (Wildman–Crippen MR) is 120 cm³/mol. The van der Waals surface area contributed by atoms with Gasteiger partial charge in [0.1, 0.15) is 0 Å². The van der Waals surface area contributed by atoms with Gasteiger partial charge in [0.25, 0.3) is 11.8 Å². The molecule has 2 aromatic carbocycles. The number of hydrogen-bond donors (Lipinski definition) is 3. The fourth-order valence-corrected chi connectivity index (χ4v) is 3.32. The Hall–Kier alpha value is -4.41. The Morgan fingerprint density at radius 2 is 1.85 bits per heavy atom. The van der Waals surface area contributed by atoms with Gasteiger partial charge in [-0.25, -0.2) is 0 Å². The third kappa shape index (κ3) is 5.49. The van der Waals surface area contributed by atoms with Crippen molar-refractivity contribution in [2.24, 2.45) is 10.9 Å². The van der Waals surface area contributed by atoms with Gasteiger partial charge >= 0.3 is 5.97 Å². The molecular formula is C23H23N3O8. The van der Waals surface area contributed by atoms with Crippen molar-refractivity contribution < 1.29 is 38.6 Å². The van der Waals surface area contributed by atoms with E-state index in [1.165, 1.54) is 32.2 Å². The van der Waals surface area contributed by atoms with Crippen LogP contribution in [0.15, 0.2) is 47.6 Å². The fourth-order valence-electron chi connectivity index (χ4n) is 3.32. The lowest BCUT2D eigenvalue weighted by Gasteiger charge is -2.23. The van der Waals surface area contributed by atoms with E-state index in [2.05, 4.69) is 10.5 Å². The molecule has 11 nitrogen and oxygen atoms in total. The van der Waals surface area contributed by atoms with Gasteiger partial charge in [-0.3, -0.25) is 19.2 Å². The molecule has 0 saturated carbocycles. The van der Waals surface area contributed by atoms with Crippen LogP contribution in [0.4, 0.5) is 5.69 Å². The number of nitrogens with zero attached hydrogens (tertiary/aromatic N) is 1. The van der Waals surface area contributed by atoms with E-state index in [0.29, 0.717) is 22.5 Å². The first kappa shape index (κ1) is 24.2. The summed E-state index contributed by atoms with van der Waals surface area (Å²) in [5.74, 6) is -2.16. The van der Waals surface area contributed by atoms with Crippen molar-refractivity contribution in [3.8, 4) is 11.5 Å². The van der Waals surface area contributed by atoms with Gasteiger partial charge in [0.05, 0.1) is 19.2 Å². The molecule has 0 aromatic heterocycles. The van der Waals surface area contributed by atoms with Gasteiger partial charge in [-0.05, 0) is 49.4 Å². The monoisotopic (exact) mass is 469 g/mol. The first-order valence-corrected chi connectivity index (χ1v) is 10.1. The lowest BCUT2D eigenvalue weighted by atomic mass is 9.90. The number of benzene rings is 2. The molecule has 2 aromatic rings. The number of anilines is 1. The quantitative estimate of drug-likeness (QED) is 0.442. The zero-order valence-electron chi connectivity index (χ0n) is 18.5. The molecule has 1 aliphatic heterocycles. The van der Waals surface area contributed by atoms with Crippen molar-refractivity contribution in [1.29, 1.82) is 0 Å². The minimum absolute atomic E-state index is 0.124. The molecule has 0 fully saturated rings. The van der Waals surface area contributed by atoms with Crippen LogP contribution in [-0.2, 0) is 19.2 Å². The summed E-state index contributed by atoms with van der Waals surface area (Å²) >= 11 is 0. The van der Waals surface area contributed by atoms with Crippen LogP contribution in [0.5, 0.6) is 11.5 Å². The highest BCUT2D eigenvalue weighted by atomic mass is 16.7. The first-order chi connectivity index (χ1) is 16.1. The normalized spacial score (nSPS) is 16.7. The summed E-state index contributed by atoms with van der Waals surface area (Å²) in [6.07, 6.45) is -0.754. The Morgan fingerprint density at radius 3 is 2.44 bits per heavy atom. The maximum atomic E-state index is 13.1. The molecule has 2 amide bonds. The third-order valence-electron chi connectivity index (χ3n) is 5.05. The number of nitrogens with two attached hydrogens (primary N) is 1. The van der Waals surface area contributed by atoms with E-state index in [-0.39, 0.29) is 30.3 Å². The predicted octanol–water partition coefficient (Wildman–Crippen LogP) is 1.74. The Morgan fingerprint density at radius 1 is 1.15 bits per heavy atom. The van der Waals surface area contributed by atoms with Crippen LogP contribution >= 0.6 is 0 Å². The fraction of sp³-hybridized carbons (Fsp3) is 0.261. The molecule has 1 unspecified atom stereocenters. The minimum Gasteiger partial charge on any atom is -0.493 e.